The predicted octanol–water partition coefficient (Wildman–Crippen LogP) is 2.01. The average molecular weight is 208 g/mol. The highest BCUT2D eigenvalue weighted by Gasteiger charge is 2.45. The van der Waals surface area contributed by atoms with Crippen molar-refractivity contribution in [1.82, 2.24) is 0 Å². The van der Waals surface area contributed by atoms with Crippen LogP contribution in [0.25, 0.3) is 0 Å². The van der Waals surface area contributed by atoms with Crippen LogP contribution in [-0.2, 0) is 14.3 Å². The van der Waals surface area contributed by atoms with Crippen molar-refractivity contribution in [1.29, 1.82) is 0 Å². The minimum absolute atomic E-state index is 0.0553. The molecule has 0 unspecified atom stereocenters. The quantitative estimate of drug-likeness (QED) is 0.662. The molecule has 3 nitrogen and oxygen atoms in total. The van der Waals surface area contributed by atoms with Gasteiger partial charge in [-0.2, -0.15) is 0 Å². The fourth-order valence-electron chi connectivity index (χ4n) is 2.68. The van der Waals surface area contributed by atoms with Crippen molar-refractivity contribution >= 4 is 11.6 Å². The number of hydrogen-bond acceptors (Lipinski definition) is 3. The molecule has 1 fully saturated rings. The zero-order valence-corrected chi connectivity index (χ0v) is 9.26. The number of hydrogen-bond donors (Lipinski definition) is 0. The lowest BCUT2D eigenvalue weighted by molar-refractivity contribution is -0.130. The lowest BCUT2D eigenvalue weighted by Crippen LogP contribution is -2.39. The van der Waals surface area contributed by atoms with E-state index >= 15 is 0 Å². The summed E-state index contributed by atoms with van der Waals surface area (Å²) in [6.45, 7) is 1.95. The Morgan fingerprint density at radius 2 is 1.93 bits per heavy atom. The van der Waals surface area contributed by atoms with Crippen molar-refractivity contribution < 1.29 is 14.3 Å². The van der Waals surface area contributed by atoms with Crippen molar-refractivity contribution in [3.63, 3.8) is 0 Å². The van der Waals surface area contributed by atoms with Crippen LogP contribution in [0.15, 0.2) is 11.3 Å². The van der Waals surface area contributed by atoms with E-state index in [1.165, 1.54) is 7.11 Å². The topological polar surface area (TPSA) is 43.4 Å². The Labute approximate surface area is 89.5 Å². The van der Waals surface area contributed by atoms with Gasteiger partial charge in [-0.25, -0.2) is 0 Å². The zero-order chi connectivity index (χ0) is 11.1. The summed E-state index contributed by atoms with van der Waals surface area (Å²) in [6.07, 6.45) is 3.42. The van der Waals surface area contributed by atoms with Gasteiger partial charge in [0.05, 0.1) is 12.5 Å². The van der Waals surface area contributed by atoms with Crippen LogP contribution in [0.3, 0.4) is 0 Å². The number of fused-ring (bicyclic) bond motifs is 1. The summed E-state index contributed by atoms with van der Waals surface area (Å²) in [6, 6.07) is 0. The van der Waals surface area contributed by atoms with Crippen molar-refractivity contribution in [2.45, 2.75) is 39.0 Å². The van der Waals surface area contributed by atoms with E-state index in [1.54, 1.807) is 0 Å². The molecule has 0 aliphatic heterocycles. The van der Waals surface area contributed by atoms with E-state index < -0.39 is 5.41 Å². The molecule has 0 aromatic heterocycles. The smallest absolute Gasteiger partial charge is 0.197 e. The van der Waals surface area contributed by atoms with Gasteiger partial charge >= 0.3 is 0 Å². The van der Waals surface area contributed by atoms with Gasteiger partial charge in [0, 0.05) is 12.8 Å². The Hall–Kier alpha value is -1.12. The van der Waals surface area contributed by atoms with Crippen LogP contribution < -0.4 is 0 Å². The summed E-state index contributed by atoms with van der Waals surface area (Å²) in [5, 5.41) is 0. The van der Waals surface area contributed by atoms with E-state index in [2.05, 4.69) is 0 Å². The summed E-state index contributed by atoms with van der Waals surface area (Å²) >= 11 is 0. The molecule has 15 heavy (non-hydrogen) atoms. The minimum atomic E-state index is -0.419. The molecule has 0 aromatic carbocycles. The monoisotopic (exact) mass is 208 g/mol. The van der Waals surface area contributed by atoms with Crippen molar-refractivity contribution in [3.8, 4) is 0 Å². The number of allylic oxidation sites excluding steroid dienone is 2. The Balaban J connectivity index is 2.51. The normalized spacial score (nSPS) is 31.6. The van der Waals surface area contributed by atoms with Gasteiger partial charge in [0.25, 0.3) is 0 Å². The van der Waals surface area contributed by atoms with Gasteiger partial charge in [0.2, 0.25) is 0 Å². The lowest BCUT2D eigenvalue weighted by atomic mass is 9.64. The highest BCUT2D eigenvalue weighted by Crippen LogP contribution is 2.46. The Bertz CT molecular complexity index is 354. The van der Waals surface area contributed by atoms with Gasteiger partial charge in [-0.3, -0.25) is 9.59 Å². The molecule has 82 valence electrons. The third-order valence-electron chi connectivity index (χ3n) is 3.70. The highest BCUT2D eigenvalue weighted by atomic mass is 16.5. The second-order valence-corrected chi connectivity index (χ2v) is 4.54. The molecule has 0 N–H and O–H groups in total. The van der Waals surface area contributed by atoms with Crippen LogP contribution >= 0.6 is 0 Å². The molecule has 0 saturated heterocycles. The third kappa shape index (κ3) is 1.41. The number of methoxy groups -OCH3 is 1. The predicted molar refractivity (Wildman–Crippen MR) is 55.2 cm³/mol. The standard InChI is InChI=1S/C12H16O3/c1-12-7-6-9(13)11(15-2)8(12)4-3-5-10(12)14/h3-7H2,1-2H3/t12-/m0/s1. The van der Waals surface area contributed by atoms with E-state index in [9.17, 15) is 9.59 Å². The number of rotatable bonds is 1. The third-order valence-corrected chi connectivity index (χ3v) is 3.70. The molecule has 0 spiro atoms. The fourth-order valence-corrected chi connectivity index (χ4v) is 2.68. The van der Waals surface area contributed by atoms with Crippen molar-refractivity contribution in [3.05, 3.63) is 11.3 Å². The largest absolute Gasteiger partial charge is 0.493 e. The first-order valence-electron chi connectivity index (χ1n) is 5.43. The lowest BCUT2D eigenvalue weighted by Gasteiger charge is -2.38. The van der Waals surface area contributed by atoms with Gasteiger partial charge in [-0.05, 0) is 31.8 Å². The molecule has 0 heterocycles. The summed E-state index contributed by atoms with van der Waals surface area (Å²) < 4.78 is 5.16. The SMILES string of the molecule is COC1=C2CCCC(=O)[C@@]2(C)CCC1=O. The van der Waals surface area contributed by atoms with Gasteiger partial charge in [-0.1, -0.05) is 0 Å². The van der Waals surface area contributed by atoms with Gasteiger partial charge in [0.15, 0.2) is 11.5 Å². The molecule has 3 heteroatoms. The van der Waals surface area contributed by atoms with E-state index in [4.69, 9.17) is 4.74 Å². The summed E-state index contributed by atoms with van der Waals surface area (Å²) in [4.78, 5) is 23.6. The second kappa shape index (κ2) is 3.47. The van der Waals surface area contributed by atoms with Crippen LogP contribution in [0.2, 0.25) is 0 Å². The maximum Gasteiger partial charge on any atom is 0.197 e. The first kappa shape index (κ1) is 10.4. The van der Waals surface area contributed by atoms with Crippen molar-refractivity contribution in [2.24, 2.45) is 5.41 Å². The van der Waals surface area contributed by atoms with E-state index in [1.807, 2.05) is 6.92 Å². The second-order valence-electron chi connectivity index (χ2n) is 4.54. The molecule has 0 aromatic rings. The molecule has 1 atom stereocenters. The Morgan fingerprint density at radius 1 is 1.20 bits per heavy atom. The number of ketones is 2. The molecule has 0 amide bonds. The number of ether oxygens (including phenoxy) is 1. The Kier molecular flexibility index (Phi) is 2.41. The van der Waals surface area contributed by atoms with Crippen molar-refractivity contribution in [2.75, 3.05) is 7.11 Å². The van der Waals surface area contributed by atoms with Gasteiger partial charge in [-0.15, -0.1) is 0 Å². The molecule has 0 radical (unpaired) electrons. The number of carbonyl (C=O) groups is 2. The molecule has 0 bridgehead atoms. The zero-order valence-electron chi connectivity index (χ0n) is 9.26. The first-order valence-corrected chi connectivity index (χ1v) is 5.43. The minimum Gasteiger partial charge on any atom is -0.493 e. The maximum absolute atomic E-state index is 11.9. The highest BCUT2D eigenvalue weighted by molar-refractivity contribution is 6.00. The van der Waals surface area contributed by atoms with Crippen LogP contribution in [0.5, 0.6) is 0 Å². The summed E-state index contributed by atoms with van der Waals surface area (Å²) in [5.74, 6) is 0.780. The van der Waals surface area contributed by atoms with Gasteiger partial charge in [0.1, 0.15) is 5.78 Å². The van der Waals surface area contributed by atoms with Crippen LogP contribution in [0.4, 0.5) is 0 Å². The first-order chi connectivity index (χ1) is 7.09. The number of carbonyl (C=O) groups excluding carboxylic acids is 2. The molecule has 2 rings (SSSR count). The molecule has 2 aliphatic rings. The molecule has 1 saturated carbocycles. The van der Waals surface area contributed by atoms with E-state index in [0.29, 0.717) is 25.0 Å². The summed E-state index contributed by atoms with van der Waals surface area (Å²) in [7, 11) is 1.52. The van der Waals surface area contributed by atoms with E-state index in [0.717, 1.165) is 18.4 Å². The fraction of sp³-hybridized carbons (Fsp3) is 0.667. The number of Topliss-reactive ketones (excluding diaryl/α,β-unsaturated/α-hetero) is 2. The summed E-state index contributed by atoms with van der Waals surface area (Å²) in [5.41, 5.74) is 0.523. The van der Waals surface area contributed by atoms with E-state index in [-0.39, 0.29) is 11.6 Å². The molecular weight excluding hydrogens is 192 g/mol. The Morgan fingerprint density at radius 3 is 2.60 bits per heavy atom. The van der Waals surface area contributed by atoms with Gasteiger partial charge < -0.3 is 4.74 Å². The van der Waals surface area contributed by atoms with Crippen LogP contribution in [0, 0.1) is 5.41 Å². The average Bonchev–Trinajstić information content (AvgIpc) is 2.22. The van der Waals surface area contributed by atoms with Crippen LogP contribution in [0.1, 0.15) is 39.0 Å². The molecule has 2 aliphatic carbocycles. The van der Waals surface area contributed by atoms with Crippen LogP contribution in [-0.4, -0.2) is 18.7 Å². The molecular formula is C12H16O3. The maximum atomic E-state index is 11.9.